The fraction of sp³-hybridized carbons (Fsp3) is 0.127. The third-order valence-corrected chi connectivity index (χ3v) is 21.4. The van der Waals surface area contributed by atoms with Gasteiger partial charge in [-0.2, -0.15) is 0 Å². The first-order chi connectivity index (χ1) is 61.3. The number of Topliss-reactive ketones (excluding diaryl/α,β-unsaturated/α-hetero) is 5. The number of ketones is 5. The topological polar surface area (TPSA) is 230 Å². The van der Waals surface area contributed by atoms with Crippen LogP contribution in [0.4, 0.5) is 56.9 Å². The molecule has 0 radical (unpaired) electrons. The number of hydrogen-bond donors (Lipinski definition) is 0. The number of carbonyl (C=O) groups is 5. The minimum Gasteiger partial charge on any atom is -0.342 e. The predicted octanol–water partition coefficient (Wildman–Crippen LogP) is 22.5. The Bertz CT molecular complexity index is 6300. The van der Waals surface area contributed by atoms with Crippen molar-refractivity contribution >= 4 is 144 Å². The molecule has 634 valence electrons. The highest BCUT2D eigenvalue weighted by Crippen LogP contribution is 2.36. The summed E-state index contributed by atoms with van der Waals surface area (Å²) in [5.74, 6) is 5.32. The maximum atomic E-state index is 12.6. The number of halogens is 5. The normalized spacial score (nSPS) is 10.4. The number of nitrogens with zero attached hydrogens (tertiary/aromatic N) is 15. The molecule has 0 atom stereocenters. The first-order valence-corrected chi connectivity index (χ1v) is 41.5. The van der Waals surface area contributed by atoms with Crippen LogP contribution in [0, 0.1) is 45.5 Å². The highest BCUT2D eigenvalue weighted by atomic mass is 35.5. The molecule has 0 saturated heterocycles. The Balaban J connectivity index is 0.000000154. The molecule has 0 amide bonds. The number of benzene rings is 10. The minimum absolute atomic E-state index is 0.000991. The predicted molar refractivity (Wildman–Crippen MR) is 510 cm³/mol. The molecule has 0 unspecified atom stereocenters. The van der Waals surface area contributed by atoms with Crippen molar-refractivity contribution in [2.75, 3.05) is 59.7 Å². The van der Waals surface area contributed by atoms with Crippen LogP contribution in [-0.4, -0.2) is 114 Å². The summed E-state index contributed by atoms with van der Waals surface area (Å²) in [6.45, 7) is 5.94. The maximum Gasteiger partial charge on any atom is 0.167 e. The molecular weight excluding hydrogens is 1690 g/mol. The Labute approximate surface area is 764 Å². The first kappa shape index (κ1) is 93.2. The van der Waals surface area contributed by atoms with Crippen LogP contribution >= 0.6 is 58.0 Å². The zero-order chi connectivity index (χ0) is 90.5. The Hall–Kier alpha value is -14.5. The molecule has 127 heavy (non-hydrogen) atoms. The standard InChI is InChI=1S/2C21H16ClN3O.3C20H18ClN3O/c1-3-15-5-4-6-17(7-15)21(26)10-16-8-18(22)11-19(9-16)25(2)20-12-23-14-24-13-20;1-3-15-5-4-6-17(9-15)21(26)11-16-7-8-19(22)20(10-16)25(2)18-12-23-14-24-13-18;1-14-4-3-5-16(6-14)20(25)9-15-7-17(21)10-18(8-15)24(2)19-11-22-13-23-12-19;2*1-14-4-3-5-16(8-14)20(25)10-15-6-7-18(21)19(9-15)24(2)17-11-22-13-23-12-17/h1,4-9,11-14H,10H2,2H3;1,4-10,12-14H,11H2,2H3;3-8,10-13H,9H2,1-2H3;2*3-9,11-13H,10H2,1-2H3. The average Bonchev–Trinajstić information content (AvgIpc) is 0.840. The molecule has 20 nitrogen and oxygen atoms in total. The summed E-state index contributed by atoms with van der Waals surface area (Å²) in [4.78, 5) is 113. The lowest BCUT2D eigenvalue weighted by Gasteiger charge is -2.20. The van der Waals surface area contributed by atoms with E-state index in [4.69, 9.17) is 70.9 Å². The second-order valence-electron chi connectivity index (χ2n) is 29.3. The number of terminal acetylenes is 2. The van der Waals surface area contributed by atoms with E-state index in [0.717, 1.165) is 113 Å². The van der Waals surface area contributed by atoms with E-state index in [9.17, 15) is 24.0 Å². The number of carbonyl (C=O) groups excluding carboxylic acids is 5. The smallest absolute Gasteiger partial charge is 0.167 e. The van der Waals surface area contributed by atoms with Gasteiger partial charge in [0.1, 0.15) is 31.6 Å². The van der Waals surface area contributed by atoms with Gasteiger partial charge in [0.15, 0.2) is 28.9 Å². The molecule has 25 heteroatoms. The van der Waals surface area contributed by atoms with Crippen molar-refractivity contribution in [2.24, 2.45) is 0 Å². The van der Waals surface area contributed by atoms with Gasteiger partial charge in [0, 0.05) is 128 Å². The van der Waals surface area contributed by atoms with E-state index in [1.54, 1.807) is 123 Å². The molecule has 0 fully saturated rings. The van der Waals surface area contributed by atoms with Gasteiger partial charge in [-0.15, -0.1) is 12.8 Å². The van der Waals surface area contributed by atoms with Gasteiger partial charge in [0.2, 0.25) is 0 Å². The summed E-state index contributed by atoms with van der Waals surface area (Å²) < 4.78 is 0. The maximum absolute atomic E-state index is 12.6. The lowest BCUT2D eigenvalue weighted by Crippen LogP contribution is -2.11. The molecule has 5 heterocycles. The summed E-state index contributed by atoms with van der Waals surface area (Å²) in [6.07, 6.45) is 36.8. The van der Waals surface area contributed by atoms with Crippen LogP contribution in [0.25, 0.3) is 0 Å². The SMILES string of the molecule is C#Cc1cccc(C(=O)Cc2cc(Cl)cc(N(C)c3cncnc3)c2)c1.C#Cc1cccc(C(=O)Cc2ccc(Cl)c(N(C)c3cncnc3)c2)c1.Cc1cccc(C(=O)Cc2cc(Cl)cc(N(C)c3cncnc3)c2)c1.Cc1cccc(C(=O)Cc2ccc(Cl)c(N(C)c3cncnc3)c2)c1.Cc1cccc(C(=O)Cc2ccc(Cl)c(N(C)c3cncnc3)c2)c1. The number of hydrogen-bond acceptors (Lipinski definition) is 20. The van der Waals surface area contributed by atoms with E-state index < -0.39 is 0 Å². The van der Waals surface area contributed by atoms with Crippen LogP contribution in [0.5, 0.6) is 0 Å². The van der Waals surface area contributed by atoms with Gasteiger partial charge in [-0.3, -0.25) is 24.0 Å². The van der Waals surface area contributed by atoms with Crippen molar-refractivity contribution in [3.63, 3.8) is 0 Å². The Morgan fingerprint density at radius 2 is 0.504 bits per heavy atom. The van der Waals surface area contributed by atoms with Gasteiger partial charge in [0.25, 0.3) is 0 Å². The van der Waals surface area contributed by atoms with Crippen LogP contribution in [0.3, 0.4) is 0 Å². The van der Waals surface area contributed by atoms with Gasteiger partial charge in [0.05, 0.1) is 123 Å². The van der Waals surface area contributed by atoms with Gasteiger partial charge in [-0.25, -0.2) is 49.8 Å². The monoisotopic (exact) mass is 1780 g/mol. The minimum atomic E-state index is -0.0129. The Kier molecular flexibility index (Phi) is 33.6. The molecule has 0 aliphatic rings. The summed E-state index contributed by atoms with van der Waals surface area (Å²) >= 11 is 31.6. The van der Waals surface area contributed by atoms with Crippen molar-refractivity contribution in [3.05, 3.63) is 414 Å². The third kappa shape index (κ3) is 27.0. The first-order valence-electron chi connectivity index (χ1n) is 39.6. The van der Waals surface area contributed by atoms with E-state index in [-0.39, 0.29) is 41.8 Å². The van der Waals surface area contributed by atoms with E-state index >= 15 is 0 Å². The quantitative estimate of drug-likeness (QED) is 0.0382. The van der Waals surface area contributed by atoms with Crippen molar-refractivity contribution in [2.45, 2.75) is 52.9 Å². The lowest BCUT2D eigenvalue weighted by molar-refractivity contribution is 0.0984. The fourth-order valence-electron chi connectivity index (χ4n) is 13.1. The molecule has 15 rings (SSSR count). The van der Waals surface area contributed by atoms with E-state index in [1.165, 1.54) is 31.6 Å². The highest BCUT2D eigenvalue weighted by Gasteiger charge is 2.20. The second-order valence-corrected chi connectivity index (χ2v) is 31.4. The highest BCUT2D eigenvalue weighted by molar-refractivity contribution is 6.34. The molecule has 0 aliphatic carbocycles. The largest absolute Gasteiger partial charge is 0.342 e. The number of anilines is 10. The molecule has 0 spiro atoms. The summed E-state index contributed by atoms with van der Waals surface area (Å²) in [5, 5.41) is 2.96. The van der Waals surface area contributed by atoms with Crippen molar-refractivity contribution in [3.8, 4) is 24.7 Å². The average molecular weight is 1780 g/mol. The summed E-state index contributed by atoms with van der Waals surface area (Å²) in [7, 11) is 9.48. The third-order valence-electron chi connectivity index (χ3n) is 20.0. The molecule has 0 bridgehead atoms. The van der Waals surface area contributed by atoms with Crippen molar-refractivity contribution < 1.29 is 24.0 Å². The van der Waals surface area contributed by atoms with Crippen LogP contribution in [0.1, 0.15) is 107 Å². The van der Waals surface area contributed by atoms with Crippen molar-refractivity contribution in [1.82, 2.24) is 49.8 Å². The van der Waals surface area contributed by atoms with E-state index in [2.05, 4.69) is 61.7 Å². The van der Waals surface area contributed by atoms with Gasteiger partial charge in [-0.05, 0) is 164 Å². The molecule has 0 saturated carbocycles. The van der Waals surface area contributed by atoms with E-state index in [1.807, 2.05) is 232 Å². The van der Waals surface area contributed by atoms with Crippen LogP contribution in [0.15, 0.2) is 306 Å². The molecular formula is C102H86Cl5N15O5. The number of aryl methyl sites for hydroxylation is 3. The summed E-state index contributed by atoms with van der Waals surface area (Å²) in [5.41, 5.74) is 20.6. The zero-order valence-corrected chi connectivity index (χ0v) is 74.5. The second kappa shape index (κ2) is 45.8. The van der Waals surface area contributed by atoms with Gasteiger partial charge < -0.3 is 24.5 Å². The number of aromatic nitrogens is 10. The van der Waals surface area contributed by atoms with Crippen molar-refractivity contribution in [1.29, 1.82) is 0 Å². The molecule has 15 aromatic rings. The van der Waals surface area contributed by atoms with Crippen LogP contribution < -0.4 is 24.5 Å². The molecule has 10 aromatic carbocycles. The van der Waals surface area contributed by atoms with E-state index in [0.29, 0.717) is 72.2 Å². The van der Waals surface area contributed by atoms with Crippen LogP contribution in [0.2, 0.25) is 25.1 Å². The number of rotatable bonds is 25. The van der Waals surface area contributed by atoms with Gasteiger partial charge >= 0.3 is 0 Å². The fourth-order valence-corrected chi connectivity index (χ4v) is 14.4. The summed E-state index contributed by atoms with van der Waals surface area (Å²) in [6, 6.07) is 65.1. The van der Waals surface area contributed by atoms with Gasteiger partial charge in [-0.1, -0.05) is 184 Å². The molecule has 0 aliphatic heterocycles. The van der Waals surface area contributed by atoms with Crippen LogP contribution in [-0.2, 0) is 32.1 Å². The molecule has 0 N–H and O–H groups in total. The lowest BCUT2D eigenvalue weighted by atomic mass is 10.0. The zero-order valence-electron chi connectivity index (χ0n) is 70.7. The molecule has 5 aromatic heterocycles. The Morgan fingerprint density at radius 1 is 0.268 bits per heavy atom. The Morgan fingerprint density at radius 3 is 0.756 bits per heavy atom.